The van der Waals surface area contributed by atoms with Crippen LogP contribution in [0, 0.1) is 5.92 Å². The van der Waals surface area contributed by atoms with Gasteiger partial charge < -0.3 is 15.1 Å². The van der Waals surface area contributed by atoms with E-state index in [1.807, 2.05) is 0 Å². The topological polar surface area (TPSA) is 31.4 Å². The van der Waals surface area contributed by atoms with Gasteiger partial charge in [-0.1, -0.05) is 22.9 Å². The minimum Gasteiger partial charge on any atom is -0.348 e. The van der Waals surface area contributed by atoms with E-state index in [1.54, 1.807) is 11.3 Å². The molecule has 1 unspecified atom stereocenters. The Balaban J connectivity index is 1.25. The van der Waals surface area contributed by atoms with E-state index < -0.39 is 0 Å². The molecule has 122 valence electrons. The molecule has 4 nitrogen and oxygen atoms in total. The first-order valence-corrected chi connectivity index (χ1v) is 9.84. The predicted molar refractivity (Wildman–Crippen MR) is 93.0 cm³/mol. The maximum absolute atomic E-state index is 6.32. The fourth-order valence-corrected chi connectivity index (χ4v) is 4.95. The molecule has 6 heteroatoms. The minimum absolute atomic E-state index is 0.699. The Kier molecular flexibility index (Phi) is 4.58. The van der Waals surface area contributed by atoms with Crippen molar-refractivity contribution in [1.29, 1.82) is 0 Å². The van der Waals surface area contributed by atoms with Crippen LogP contribution in [0.4, 0.5) is 5.13 Å². The van der Waals surface area contributed by atoms with Gasteiger partial charge in [0.1, 0.15) is 5.15 Å². The molecule has 1 atom stereocenters. The van der Waals surface area contributed by atoms with Crippen molar-refractivity contribution in [2.45, 2.75) is 44.7 Å². The molecule has 3 heterocycles. The van der Waals surface area contributed by atoms with Crippen LogP contribution >= 0.6 is 22.9 Å². The van der Waals surface area contributed by atoms with E-state index >= 15 is 0 Å². The summed E-state index contributed by atoms with van der Waals surface area (Å²) in [5, 5.41) is 5.42. The van der Waals surface area contributed by atoms with Crippen molar-refractivity contribution in [2.75, 3.05) is 37.6 Å². The van der Waals surface area contributed by atoms with Gasteiger partial charge in [-0.3, -0.25) is 0 Å². The van der Waals surface area contributed by atoms with Crippen LogP contribution in [0.1, 0.15) is 37.0 Å². The number of thiazole rings is 1. The van der Waals surface area contributed by atoms with Crippen molar-refractivity contribution in [1.82, 2.24) is 15.2 Å². The minimum atomic E-state index is 0.699. The quantitative estimate of drug-likeness (QED) is 0.862. The molecular formula is C16H25ClN4S. The lowest BCUT2D eigenvalue weighted by atomic mass is 10.1. The van der Waals surface area contributed by atoms with Crippen LogP contribution < -0.4 is 10.2 Å². The second kappa shape index (κ2) is 6.63. The number of anilines is 1. The monoisotopic (exact) mass is 340 g/mol. The predicted octanol–water partition coefficient (Wildman–Crippen LogP) is 2.97. The van der Waals surface area contributed by atoms with Crippen molar-refractivity contribution >= 4 is 28.1 Å². The molecule has 0 spiro atoms. The first-order chi connectivity index (χ1) is 10.8. The van der Waals surface area contributed by atoms with Crippen LogP contribution in [0.5, 0.6) is 0 Å². The first-order valence-electron chi connectivity index (χ1n) is 8.64. The molecule has 2 saturated heterocycles. The Bertz CT molecular complexity index is 510. The Morgan fingerprint density at radius 2 is 2.00 bits per heavy atom. The molecule has 1 saturated carbocycles. The van der Waals surface area contributed by atoms with E-state index in [1.165, 1.54) is 50.1 Å². The summed E-state index contributed by atoms with van der Waals surface area (Å²) in [5.74, 6) is 0.811. The van der Waals surface area contributed by atoms with Crippen LogP contribution in [0.2, 0.25) is 5.15 Å². The zero-order chi connectivity index (χ0) is 14.9. The third kappa shape index (κ3) is 3.42. The van der Waals surface area contributed by atoms with Crippen molar-refractivity contribution < 1.29 is 0 Å². The molecule has 1 N–H and O–H groups in total. The van der Waals surface area contributed by atoms with Crippen LogP contribution in [0.15, 0.2) is 0 Å². The molecule has 0 aromatic carbocycles. The van der Waals surface area contributed by atoms with Gasteiger partial charge in [-0.05, 0) is 51.1 Å². The third-order valence-electron chi connectivity index (χ3n) is 5.11. The van der Waals surface area contributed by atoms with Gasteiger partial charge in [0.25, 0.3) is 0 Å². The van der Waals surface area contributed by atoms with Crippen LogP contribution in [0.3, 0.4) is 0 Å². The molecule has 3 fully saturated rings. The van der Waals surface area contributed by atoms with Crippen molar-refractivity contribution in [2.24, 2.45) is 5.92 Å². The van der Waals surface area contributed by atoms with Gasteiger partial charge in [0.2, 0.25) is 0 Å². The molecule has 2 aliphatic heterocycles. The lowest BCUT2D eigenvalue weighted by Gasteiger charge is -2.15. The lowest BCUT2D eigenvalue weighted by molar-refractivity contribution is 0.312. The largest absolute Gasteiger partial charge is 0.348 e. The molecule has 0 amide bonds. The highest BCUT2D eigenvalue weighted by Crippen LogP contribution is 2.33. The average molecular weight is 341 g/mol. The number of nitrogens with one attached hydrogen (secondary N) is 1. The number of hydrogen-bond acceptors (Lipinski definition) is 5. The van der Waals surface area contributed by atoms with E-state index in [-0.39, 0.29) is 0 Å². The van der Waals surface area contributed by atoms with Gasteiger partial charge in [0.05, 0.1) is 4.88 Å². The number of aromatic nitrogens is 1. The zero-order valence-electron chi connectivity index (χ0n) is 13.1. The average Bonchev–Trinajstić information content (AvgIpc) is 2.94. The Labute approximate surface area is 141 Å². The Morgan fingerprint density at radius 3 is 2.77 bits per heavy atom. The van der Waals surface area contributed by atoms with E-state index in [9.17, 15) is 0 Å². The molecule has 0 radical (unpaired) electrons. The maximum Gasteiger partial charge on any atom is 0.187 e. The summed E-state index contributed by atoms with van der Waals surface area (Å²) < 4.78 is 0. The summed E-state index contributed by atoms with van der Waals surface area (Å²) in [4.78, 5) is 10.8. The highest BCUT2D eigenvalue weighted by atomic mass is 35.5. The van der Waals surface area contributed by atoms with E-state index in [0.29, 0.717) is 5.15 Å². The summed E-state index contributed by atoms with van der Waals surface area (Å²) in [5.41, 5.74) is 0. The third-order valence-corrected chi connectivity index (χ3v) is 6.65. The van der Waals surface area contributed by atoms with E-state index in [4.69, 9.17) is 11.6 Å². The first kappa shape index (κ1) is 15.2. The Hall–Kier alpha value is -0.360. The lowest BCUT2D eigenvalue weighted by Crippen LogP contribution is -2.27. The molecule has 0 bridgehead atoms. The van der Waals surface area contributed by atoms with Crippen LogP contribution in [-0.4, -0.2) is 48.6 Å². The van der Waals surface area contributed by atoms with Gasteiger partial charge >= 0.3 is 0 Å². The fraction of sp³-hybridized carbons (Fsp3) is 0.812. The van der Waals surface area contributed by atoms with Gasteiger partial charge in [-0.25, -0.2) is 4.98 Å². The molecule has 1 aromatic heterocycles. The number of likely N-dealkylation sites (tertiary alicyclic amines) is 1. The number of rotatable bonds is 6. The van der Waals surface area contributed by atoms with Gasteiger partial charge in [-0.2, -0.15) is 0 Å². The second-order valence-corrected chi connectivity index (χ2v) is 8.34. The second-order valence-electron chi connectivity index (χ2n) is 6.92. The van der Waals surface area contributed by atoms with Gasteiger partial charge in [0.15, 0.2) is 5.13 Å². The van der Waals surface area contributed by atoms with Crippen molar-refractivity contribution in [3.05, 3.63) is 10.0 Å². The van der Waals surface area contributed by atoms with Crippen LogP contribution in [-0.2, 0) is 6.54 Å². The van der Waals surface area contributed by atoms with Crippen LogP contribution in [0.25, 0.3) is 0 Å². The molecular weight excluding hydrogens is 316 g/mol. The summed E-state index contributed by atoms with van der Waals surface area (Å²) in [6.45, 7) is 6.83. The Morgan fingerprint density at radius 1 is 1.18 bits per heavy atom. The summed E-state index contributed by atoms with van der Waals surface area (Å²) in [6, 6.07) is 0.920. The summed E-state index contributed by atoms with van der Waals surface area (Å²) >= 11 is 8.08. The van der Waals surface area contributed by atoms with E-state index in [0.717, 1.165) is 43.3 Å². The highest BCUT2D eigenvalue weighted by molar-refractivity contribution is 7.16. The van der Waals surface area contributed by atoms with Gasteiger partial charge in [-0.15, -0.1) is 0 Å². The van der Waals surface area contributed by atoms with Gasteiger partial charge in [0, 0.05) is 32.2 Å². The SMILES string of the molecule is Clc1nc(N2CCCC2)sc1CNCC1CCN(C2CC2)C1. The summed E-state index contributed by atoms with van der Waals surface area (Å²) in [6.07, 6.45) is 6.76. The number of halogens is 1. The highest BCUT2D eigenvalue weighted by Gasteiger charge is 2.34. The number of hydrogen-bond donors (Lipinski definition) is 1. The molecule has 22 heavy (non-hydrogen) atoms. The normalized spacial score (nSPS) is 26.2. The fourth-order valence-electron chi connectivity index (χ4n) is 3.66. The standard InChI is InChI=1S/C16H25ClN4S/c17-15-14(22-16(19-15)20-6-1-2-7-20)10-18-9-12-5-8-21(11-12)13-3-4-13/h12-13,18H,1-11H2. The molecule has 3 aliphatic rings. The molecule has 1 aromatic rings. The zero-order valence-corrected chi connectivity index (χ0v) is 14.6. The number of nitrogens with zero attached hydrogens (tertiary/aromatic N) is 3. The van der Waals surface area contributed by atoms with Crippen molar-refractivity contribution in [3.8, 4) is 0 Å². The molecule has 1 aliphatic carbocycles. The smallest absolute Gasteiger partial charge is 0.187 e. The summed E-state index contributed by atoms with van der Waals surface area (Å²) in [7, 11) is 0. The van der Waals surface area contributed by atoms with Crippen molar-refractivity contribution in [3.63, 3.8) is 0 Å². The molecule has 4 rings (SSSR count). The maximum atomic E-state index is 6.32. The van der Waals surface area contributed by atoms with E-state index in [2.05, 4.69) is 20.1 Å².